The van der Waals surface area contributed by atoms with Crippen molar-refractivity contribution in [2.75, 3.05) is 0 Å². The number of fused-ring (bicyclic) bond motifs is 1. The molecule has 0 saturated carbocycles. The summed E-state index contributed by atoms with van der Waals surface area (Å²) < 4.78 is 0. The Morgan fingerprint density at radius 2 is 0.861 bits per heavy atom. The van der Waals surface area contributed by atoms with Gasteiger partial charge in [-0.05, 0) is 96.0 Å². The molecular formula is C36H24. The van der Waals surface area contributed by atoms with Gasteiger partial charge in [0.15, 0.2) is 0 Å². The quantitative estimate of drug-likeness (QED) is 0.179. The first-order valence-electron chi connectivity index (χ1n) is 12.7. The zero-order valence-corrected chi connectivity index (χ0v) is 20.4. The summed E-state index contributed by atoms with van der Waals surface area (Å²) in [6, 6.07) is 41.1. The van der Waals surface area contributed by atoms with Crippen LogP contribution in [0.5, 0.6) is 0 Å². The highest BCUT2D eigenvalue weighted by molar-refractivity contribution is 6.41. The third-order valence-electron chi connectivity index (χ3n) is 8.11. The molecule has 168 valence electrons. The first-order chi connectivity index (χ1) is 17.7. The summed E-state index contributed by atoms with van der Waals surface area (Å²) in [5, 5.41) is 13.6. The Morgan fingerprint density at radius 1 is 0.361 bits per heavy atom. The van der Waals surface area contributed by atoms with Gasteiger partial charge in [0.25, 0.3) is 0 Å². The molecule has 0 unspecified atom stereocenters. The van der Waals surface area contributed by atoms with E-state index in [1.54, 1.807) is 0 Å². The number of benzene rings is 8. The maximum Gasteiger partial charge on any atom is -0.00136 e. The van der Waals surface area contributed by atoms with E-state index >= 15 is 0 Å². The molecule has 8 rings (SSSR count). The normalized spacial score (nSPS) is 12.2. The highest BCUT2D eigenvalue weighted by Gasteiger charge is 2.20. The zero-order valence-electron chi connectivity index (χ0n) is 20.4. The summed E-state index contributed by atoms with van der Waals surface area (Å²) in [5.41, 5.74) is 7.75. The second kappa shape index (κ2) is 7.06. The molecule has 8 aromatic rings. The maximum absolute atomic E-state index is 2.40. The van der Waals surface area contributed by atoms with Crippen LogP contribution in [-0.4, -0.2) is 0 Å². The molecule has 36 heavy (non-hydrogen) atoms. The number of rotatable bonds is 2. The summed E-state index contributed by atoms with van der Waals surface area (Å²) in [7, 11) is 0. The molecule has 0 bridgehead atoms. The predicted molar refractivity (Wildman–Crippen MR) is 157 cm³/mol. The maximum atomic E-state index is 2.40. The van der Waals surface area contributed by atoms with Crippen molar-refractivity contribution in [3.63, 3.8) is 0 Å². The van der Waals surface area contributed by atoms with E-state index in [0.717, 1.165) is 0 Å². The van der Waals surface area contributed by atoms with Gasteiger partial charge in [-0.2, -0.15) is 0 Å². The van der Waals surface area contributed by atoms with Crippen molar-refractivity contribution < 1.29 is 0 Å². The summed E-state index contributed by atoms with van der Waals surface area (Å²) in [5.74, 6) is 0. The van der Waals surface area contributed by atoms with Crippen LogP contribution in [0.25, 0.3) is 76.1 Å². The van der Waals surface area contributed by atoms with Gasteiger partial charge in [-0.25, -0.2) is 0 Å². The third-order valence-corrected chi connectivity index (χ3v) is 8.11. The van der Waals surface area contributed by atoms with Crippen molar-refractivity contribution in [3.8, 4) is 22.3 Å². The smallest absolute Gasteiger partial charge is 0.00136 e. The van der Waals surface area contributed by atoms with E-state index in [2.05, 4.69) is 123 Å². The second-order valence-electron chi connectivity index (χ2n) is 10.3. The van der Waals surface area contributed by atoms with Crippen molar-refractivity contribution in [2.45, 2.75) is 13.8 Å². The van der Waals surface area contributed by atoms with E-state index in [4.69, 9.17) is 0 Å². The van der Waals surface area contributed by atoms with E-state index in [-0.39, 0.29) is 0 Å². The van der Waals surface area contributed by atoms with Crippen LogP contribution in [0.1, 0.15) is 11.1 Å². The predicted octanol–water partition coefficient (Wildman–Crippen LogP) is 10.3. The molecule has 0 aliphatic rings. The molecule has 0 heteroatoms. The minimum Gasteiger partial charge on any atom is -0.0610 e. The lowest BCUT2D eigenvalue weighted by molar-refractivity contribution is 1.47. The fourth-order valence-corrected chi connectivity index (χ4v) is 6.35. The molecule has 0 aliphatic heterocycles. The van der Waals surface area contributed by atoms with Gasteiger partial charge in [-0.3, -0.25) is 0 Å². The lowest BCUT2D eigenvalue weighted by atomic mass is 9.82. The van der Waals surface area contributed by atoms with Gasteiger partial charge in [0.2, 0.25) is 0 Å². The first kappa shape index (κ1) is 19.8. The van der Waals surface area contributed by atoms with Crippen LogP contribution in [-0.2, 0) is 0 Å². The van der Waals surface area contributed by atoms with Gasteiger partial charge in [0.05, 0.1) is 0 Å². The molecule has 8 aromatic carbocycles. The first-order valence-corrected chi connectivity index (χ1v) is 12.7. The Hall–Kier alpha value is -4.42. The third kappa shape index (κ3) is 2.59. The Morgan fingerprint density at radius 3 is 1.58 bits per heavy atom. The van der Waals surface area contributed by atoms with Crippen LogP contribution in [0, 0.1) is 13.8 Å². The van der Waals surface area contributed by atoms with Gasteiger partial charge in [0, 0.05) is 0 Å². The molecule has 0 fully saturated rings. The molecule has 0 heterocycles. The molecule has 0 aromatic heterocycles. The standard InChI is InChI=1S/C36H24/c1-21-6-10-23(11-7-21)27-18-19-31-28-4-3-5-29-32(24-12-8-22(2)9-13-24)20-26-15-14-25-16-17-30(27)36(31)33(25)34(26)35(28)29/h3-20H,1-2H3. The van der Waals surface area contributed by atoms with Crippen LogP contribution in [0.15, 0.2) is 109 Å². The molecule has 0 aliphatic carbocycles. The Bertz CT molecular complexity index is 2050. The van der Waals surface area contributed by atoms with Gasteiger partial charge < -0.3 is 0 Å². The number of aryl methyl sites for hydroxylation is 2. The van der Waals surface area contributed by atoms with Gasteiger partial charge >= 0.3 is 0 Å². The van der Waals surface area contributed by atoms with Gasteiger partial charge in [0.1, 0.15) is 0 Å². The summed E-state index contributed by atoms with van der Waals surface area (Å²) >= 11 is 0. The molecule has 0 atom stereocenters. The average Bonchev–Trinajstić information content (AvgIpc) is 2.92. The largest absolute Gasteiger partial charge is 0.0610 e. The number of hydrogen-bond donors (Lipinski definition) is 0. The topological polar surface area (TPSA) is 0 Å². The van der Waals surface area contributed by atoms with E-state index in [1.807, 2.05) is 0 Å². The van der Waals surface area contributed by atoms with Crippen LogP contribution in [0.2, 0.25) is 0 Å². The minimum atomic E-state index is 1.28. The Kier molecular flexibility index (Phi) is 3.89. The van der Waals surface area contributed by atoms with Gasteiger partial charge in [-0.1, -0.05) is 114 Å². The van der Waals surface area contributed by atoms with Crippen LogP contribution < -0.4 is 0 Å². The molecule has 0 N–H and O–H groups in total. The second-order valence-corrected chi connectivity index (χ2v) is 10.3. The Labute approximate surface area is 210 Å². The highest BCUT2D eigenvalue weighted by atomic mass is 14.2. The summed E-state index contributed by atoms with van der Waals surface area (Å²) in [6.07, 6.45) is 0. The van der Waals surface area contributed by atoms with Crippen LogP contribution in [0.4, 0.5) is 0 Å². The monoisotopic (exact) mass is 456 g/mol. The average molecular weight is 457 g/mol. The van der Waals surface area contributed by atoms with E-state index in [1.165, 1.54) is 87.2 Å². The van der Waals surface area contributed by atoms with E-state index < -0.39 is 0 Å². The molecule has 0 amide bonds. The number of hydrogen-bond acceptors (Lipinski definition) is 0. The van der Waals surface area contributed by atoms with Crippen molar-refractivity contribution in [1.29, 1.82) is 0 Å². The lowest BCUT2D eigenvalue weighted by Crippen LogP contribution is -1.93. The fourth-order valence-electron chi connectivity index (χ4n) is 6.35. The molecule has 0 nitrogen and oxygen atoms in total. The molecule has 0 spiro atoms. The SMILES string of the molecule is Cc1ccc(-c2ccc3c4cccc5c(-c6ccc(C)cc6)cc6ccc7ccc2c3c7c6c54)cc1. The molecule has 0 saturated heterocycles. The Balaban J connectivity index is 1.58. The van der Waals surface area contributed by atoms with Crippen molar-refractivity contribution >= 4 is 53.9 Å². The summed E-state index contributed by atoms with van der Waals surface area (Å²) in [4.78, 5) is 0. The van der Waals surface area contributed by atoms with Crippen LogP contribution >= 0.6 is 0 Å². The van der Waals surface area contributed by atoms with E-state index in [9.17, 15) is 0 Å². The highest BCUT2D eigenvalue weighted by Crippen LogP contribution is 2.48. The van der Waals surface area contributed by atoms with Crippen molar-refractivity contribution in [2.24, 2.45) is 0 Å². The summed E-state index contributed by atoms with van der Waals surface area (Å²) in [6.45, 7) is 4.30. The lowest BCUT2D eigenvalue weighted by Gasteiger charge is -2.21. The molecular weight excluding hydrogens is 432 g/mol. The van der Waals surface area contributed by atoms with Gasteiger partial charge in [-0.15, -0.1) is 0 Å². The van der Waals surface area contributed by atoms with Crippen molar-refractivity contribution in [1.82, 2.24) is 0 Å². The van der Waals surface area contributed by atoms with Crippen molar-refractivity contribution in [3.05, 3.63) is 120 Å². The van der Waals surface area contributed by atoms with E-state index in [0.29, 0.717) is 0 Å². The fraction of sp³-hybridized carbons (Fsp3) is 0.0556. The minimum absolute atomic E-state index is 1.28. The molecule has 0 radical (unpaired) electrons. The zero-order chi connectivity index (χ0) is 24.0. The van der Waals surface area contributed by atoms with Crippen LogP contribution in [0.3, 0.4) is 0 Å².